The van der Waals surface area contributed by atoms with Gasteiger partial charge in [-0.15, -0.1) is 11.8 Å². The van der Waals surface area contributed by atoms with Crippen LogP contribution in [0.5, 0.6) is 0 Å². The Morgan fingerprint density at radius 1 is 1.46 bits per heavy atom. The zero-order valence-corrected chi connectivity index (χ0v) is 8.23. The molecule has 1 rings (SSSR count). The average molecular weight is 176 g/mol. The fourth-order valence-corrected chi connectivity index (χ4v) is 1.55. The second-order valence-corrected chi connectivity index (χ2v) is 3.33. The maximum absolute atomic E-state index is 11.2. The number of unbranched alkanes of at least 4 members (excludes halogenated alkanes) is 2. The molecule has 0 N–H and O–H groups in total. The van der Waals surface area contributed by atoms with Gasteiger partial charge in [0.1, 0.15) is 0 Å². The van der Waals surface area contributed by atoms with E-state index in [0.717, 1.165) is 44.1 Å². The van der Waals surface area contributed by atoms with Crippen LogP contribution in [0.3, 0.4) is 0 Å². The third-order valence-corrected chi connectivity index (χ3v) is 2.28. The quantitative estimate of drug-likeness (QED) is 0.367. The lowest BCUT2D eigenvalue weighted by molar-refractivity contribution is -0.114. The first-order valence-corrected chi connectivity index (χ1v) is 4.96. The van der Waals surface area contributed by atoms with Crippen LogP contribution < -0.4 is 0 Å². The normalized spacial score (nSPS) is 18.8. The topological polar surface area (TPSA) is 17.1 Å². The van der Waals surface area contributed by atoms with E-state index in [9.17, 15) is 4.79 Å². The summed E-state index contributed by atoms with van der Waals surface area (Å²) in [6.45, 7) is 1.86. The molecule has 0 spiro atoms. The van der Waals surface area contributed by atoms with Gasteiger partial charge in [-0.1, -0.05) is 6.08 Å². The van der Waals surface area contributed by atoms with E-state index in [0.29, 0.717) is 5.78 Å². The molecule has 1 aliphatic carbocycles. The monoisotopic (exact) mass is 176 g/mol. The maximum atomic E-state index is 11.2. The number of hydrogen-bond acceptors (Lipinski definition) is 1. The minimum Gasteiger partial charge on any atom is -0.295 e. The van der Waals surface area contributed by atoms with Crippen LogP contribution in [-0.4, -0.2) is 5.78 Å². The maximum Gasteiger partial charge on any atom is 0.158 e. The predicted octanol–water partition coefficient (Wildman–Crippen LogP) is 2.86. The zero-order chi connectivity index (χ0) is 9.52. The van der Waals surface area contributed by atoms with E-state index in [4.69, 9.17) is 0 Å². The van der Waals surface area contributed by atoms with Crippen molar-refractivity contribution >= 4 is 5.78 Å². The van der Waals surface area contributed by atoms with Crippen LogP contribution in [0.25, 0.3) is 0 Å². The second kappa shape index (κ2) is 5.59. The lowest BCUT2D eigenvalue weighted by Gasteiger charge is -1.93. The summed E-state index contributed by atoms with van der Waals surface area (Å²) < 4.78 is 0. The van der Waals surface area contributed by atoms with E-state index < -0.39 is 0 Å². The van der Waals surface area contributed by atoms with Crippen molar-refractivity contribution in [1.29, 1.82) is 0 Å². The van der Waals surface area contributed by atoms with Crippen molar-refractivity contribution in [2.24, 2.45) is 0 Å². The Kier molecular flexibility index (Phi) is 4.32. The molecule has 0 unspecified atom stereocenters. The fourth-order valence-electron chi connectivity index (χ4n) is 1.55. The molecule has 1 fully saturated rings. The Hall–Kier alpha value is -1.03. The highest BCUT2D eigenvalue weighted by molar-refractivity contribution is 5.97. The Morgan fingerprint density at radius 2 is 2.31 bits per heavy atom. The van der Waals surface area contributed by atoms with Gasteiger partial charge in [0.05, 0.1) is 0 Å². The lowest BCUT2D eigenvalue weighted by atomic mass is 10.1. The highest BCUT2D eigenvalue weighted by atomic mass is 16.1. The third kappa shape index (κ3) is 3.46. The standard InChI is InChI=1S/C12H16O/c1-2-3-4-5-6-8-11-9-7-10-12(11)13/h8H,4-7,9-10H2,1H3/b11-8-. The second-order valence-electron chi connectivity index (χ2n) is 3.33. The molecule has 0 aromatic carbocycles. The first-order valence-electron chi connectivity index (χ1n) is 4.96. The molecular formula is C12H16O. The number of Topliss-reactive ketones (excluding diaryl/α,β-unsaturated/α-hetero) is 1. The van der Waals surface area contributed by atoms with Crippen LogP contribution in [-0.2, 0) is 4.79 Å². The smallest absolute Gasteiger partial charge is 0.158 e. The van der Waals surface area contributed by atoms with Crippen LogP contribution in [0.4, 0.5) is 0 Å². The van der Waals surface area contributed by atoms with Crippen molar-refractivity contribution in [2.45, 2.75) is 45.4 Å². The number of carbonyl (C=O) groups is 1. The Morgan fingerprint density at radius 3 is 2.92 bits per heavy atom. The van der Waals surface area contributed by atoms with Crippen molar-refractivity contribution in [3.05, 3.63) is 11.6 Å². The van der Waals surface area contributed by atoms with Gasteiger partial charge in [0.15, 0.2) is 5.78 Å². The molecule has 0 aromatic rings. The van der Waals surface area contributed by atoms with E-state index in [2.05, 4.69) is 17.9 Å². The number of carbonyl (C=O) groups excluding carboxylic acids is 1. The first-order chi connectivity index (χ1) is 6.34. The van der Waals surface area contributed by atoms with Crippen LogP contribution in [0, 0.1) is 11.8 Å². The summed E-state index contributed by atoms with van der Waals surface area (Å²) in [5, 5.41) is 0. The molecule has 1 aliphatic rings. The molecule has 1 nitrogen and oxygen atoms in total. The van der Waals surface area contributed by atoms with Crippen LogP contribution in [0.2, 0.25) is 0 Å². The highest BCUT2D eigenvalue weighted by Crippen LogP contribution is 2.20. The van der Waals surface area contributed by atoms with Gasteiger partial charge in [-0.2, -0.15) is 0 Å². The van der Waals surface area contributed by atoms with Crippen molar-refractivity contribution in [3.63, 3.8) is 0 Å². The van der Waals surface area contributed by atoms with Gasteiger partial charge >= 0.3 is 0 Å². The summed E-state index contributed by atoms with van der Waals surface area (Å²) in [7, 11) is 0. The molecule has 0 amide bonds. The summed E-state index contributed by atoms with van der Waals surface area (Å²) in [5.74, 6) is 6.25. The summed E-state index contributed by atoms with van der Waals surface area (Å²) in [5.41, 5.74) is 1.06. The van der Waals surface area contributed by atoms with Gasteiger partial charge in [0, 0.05) is 12.8 Å². The van der Waals surface area contributed by atoms with Crippen molar-refractivity contribution in [2.75, 3.05) is 0 Å². The summed E-state index contributed by atoms with van der Waals surface area (Å²) >= 11 is 0. The minimum atomic E-state index is 0.363. The number of allylic oxidation sites excluding steroid dienone is 2. The fraction of sp³-hybridized carbons (Fsp3) is 0.583. The van der Waals surface area contributed by atoms with E-state index in [1.165, 1.54) is 0 Å². The molecule has 13 heavy (non-hydrogen) atoms. The molecule has 0 saturated heterocycles. The van der Waals surface area contributed by atoms with E-state index in [1.54, 1.807) is 0 Å². The molecular weight excluding hydrogens is 160 g/mol. The molecule has 1 saturated carbocycles. The molecule has 0 aliphatic heterocycles. The van der Waals surface area contributed by atoms with Crippen LogP contribution in [0.15, 0.2) is 11.6 Å². The average Bonchev–Trinajstić information content (AvgIpc) is 2.52. The minimum absolute atomic E-state index is 0.363. The van der Waals surface area contributed by atoms with E-state index >= 15 is 0 Å². The van der Waals surface area contributed by atoms with Gasteiger partial charge in [-0.05, 0) is 38.2 Å². The van der Waals surface area contributed by atoms with E-state index in [-0.39, 0.29) is 0 Å². The van der Waals surface area contributed by atoms with Crippen LogP contribution in [0.1, 0.15) is 45.4 Å². The SMILES string of the molecule is CC#CCCC/C=C1/CCCC1=O. The molecule has 0 bridgehead atoms. The van der Waals surface area contributed by atoms with Gasteiger partial charge in [0.25, 0.3) is 0 Å². The molecule has 0 aromatic heterocycles. The molecule has 70 valence electrons. The number of rotatable bonds is 3. The summed E-state index contributed by atoms with van der Waals surface area (Å²) in [4.78, 5) is 11.2. The zero-order valence-electron chi connectivity index (χ0n) is 8.23. The predicted molar refractivity (Wildman–Crippen MR) is 54.2 cm³/mol. The number of ketones is 1. The van der Waals surface area contributed by atoms with Crippen LogP contribution >= 0.6 is 0 Å². The largest absolute Gasteiger partial charge is 0.295 e. The molecule has 1 heteroatoms. The van der Waals surface area contributed by atoms with E-state index in [1.807, 2.05) is 6.92 Å². The first kappa shape index (κ1) is 10.1. The molecule has 0 atom stereocenters. The Bertz CT molecular complexity index is 263. The van der Waals surface area contributed by atoms with Gasteiger partial charge < -0.3 is 0 Å². The van der Waals surface area contributed by atoms with Crippen molar-refractivity contribution < 1.29 is 4.79 Å². The third-order valence-electron chi connectivity index (χ3n) is 2.28. The summed E-state index contributed by atoms with van der Waals surface area (Å²) in [6, 6.07) is 0. The molecule has 0 heterocycles. The summed E-state index contributed by atoms with van der Waals surface area (Å²) in [6.07, 6.45) is 7.97. The van der Waals surface area contributed by atoms with Gasteiger partial charge in [-0.3, -0.25) is 4.79 Å². The Labute approximate surface area is 80.2 Å². The van der Waals surface area contributed by atoms with Crippen molar-refractivity contribution in [3.8, 4) is 11.8 Å². The van der Waals surface area contributed by atoms with Gasteiger partial charge in [-0.25, -0.2) is 0 Å². The Balaban J connectivity index is 2.22. The highest BCUT2D eigenvalue weighted by Gasteiger charge is 2.15. The molecule has 0 radical (unpaired) electrons. The van der Waals surface area contributed by atoms with Crippen molar-refractivity contribution in [1.82, 2.24) is 0 Å². The lowest BCUT2D eigenvalue weighted by Crippen LogP contribution is -1.90. The number of hydrogen-bond donors (Lipinski definition) is 0. The van der Waals surface area contributed by atoms with Gasteiger partial charge in [0.2, 0.25) is 0 Å².